The molecule has 2 atom stereocenters. The lowest BCUT2D eigenvalue weighted by Crippen LogP contribution is -2.57. The minimum atomic E-state index is -0.574. The fourth-order valence-electron chi connectivity index (χ4n) is 2.33. The number of carbonyl (C=O) groups excluding carboxylic acids is 1. The minimum Gasteiger partial charge on any atom is -0.333 e. The Bertz CT molecular complexity index is 553. The van der Waals surface area contributed by atoms with Crippen molar-refractivity contribution in [1.29, 1.82) is 0 Å². The highest BCUT2D eigenvalue weighted by Gasteiger charge is 2.32. The molecule has 1 heterocycles. The largest absolute Gasteiger partial charge is 0.333 e. The molecule has 116 valence electrons. The van der Waals surface area contributed by atoms with Crippen molar-refractivity contribution in [3.05, 3.63) is 38.9 Å². The molecule has 1 aromatic carbocycles. The van der Waals surface area contributed by atoms with Crippen LogP contribution in [0.3, 0.4) is 0 Å². The molecule has 0 bridgehead atoms. The van der Waals surface area contributed by atoms with E-state index >= 15 is 0 Å². The van der Waals surface area contributed by atoms with Crippen molar-refractivity contribution in [3.63, 3.8) is 0 Å². The fourth-order valence-corrected chi connectivity index (χ4v) is 2.50. The summed E-state index contributed by atoms with van der Waals surface area (Å²) in [6, 6.07) is 4.26. The number of carbonyl (C=O) groups is 1. The van der Waals surface area contributed by atoms with E-state index < -0.39 is 4.92 Å². The molecule has 1 aromatic rings. The zero-order valence-electron chi connectivity index (χ0n) is 11.7. The quantitative estimate of drug-likeness (QED) is 0.666. The number of hydrogen-bond donors (Lipinski definition) is 1. The molecule has 1 aliphatic rings. The first-order valence-electron chi connectivity index (χ1n) is 6.40. The molecule has 1 aliphatic heterocycles. The lowest BCUT2D eigenvalue weighted by atomic mass is 10.0. The van der Waals surface area contributed by atoms with Gasteiger partial charge in [-0.25, -0.2) is 0 Å². The Balaban J connectivity index is 0.00000220. The third-order valence-electron chi connectivity index (χ3n) is 3.68. The van der Waals surface area contributed by atoms with E-state index in [1.807, 2.05) is 13.8 Å². The summed E-state index contributed by atoms with van der Waals surface area (Å²) in [5.41, 5.74) is -0.166. The van der Waals surface area contributed by atoms with E-state index in [4.69, 9.17) is 11.6 Å². The van der Waals surface area contributed by atoms with Gasteiger partial charge in [0.1, 0.15) is 5.56 Å². The first-order chi connectivity index (χ1) is 9.41. The second kappa shape index (κ2) is 7.06. The molecule has 0 aliphatic carbocycles. The van der Waals surface area contributed by atoms with E-state index in [2.05, 4.69) is 5.32 Å². The molecule has 1 N–H and O–H groups in total. The van der Waals surface area contributed by atoms with Crippen molar-refractivity contribution in [2.45, 2.75) is 25.9 Å². The number of nitrogens with one attached hydrogen (secondary N) is 1. The second-order valence-electron chi connectivity index (χ2n) is 4.90. The standard InChI is InChI=1S/C13H16ClN3O3.ClH/c1-8-9(2)16(6-5-15-8)13(18)11-4-3-10(14)7-12(11)17(19)20;/h3-4,7-9,15H,5-6H2,1-2H3;1H. The lowest BCUT2D eigenvalue weighted by Gasteiger charge is -2.38. The summed E-state index contributed by atoms with van der Waals surface area (Å²) in [6.45, 7) is 5.12. The third-order valence-corrected chi connectivity index (χ3v) is 3.92. The molecule has 6 nitrogen and oxygen atoms in total. The zero-order chi connectivity index (χ0) is 14.9. The van der Waals surface area contributed by atoms with Gasteiger partial charge in [0.15, 0.2) is 0 Å². The first-order valence-corrected chi connectivity index (χ1v) is 6.78. The smallest absolute Gasteiger partial charge is 0.283 e. The van der Waals surface area contributed by atoms with Gasteiger partial charge in [0.25, 0.3) is 11.6 Å². The average Bonchev–Trinajstić information content (AvgIpc) is 2.41. The monoisotopic (exact) mass is 333 g/mol. The van der Waals surface area contributed by atoms with Crippen LogP contribution in [0.25, 0.3) is 0 Å². The Morgan fingerprint density at radius 2 is 2.14 bits per heavy atom. The van der Waals surface area contributed by atoms with Crippen molar-refractivity contribution >= 4 is 35.6 Å². The van der Waals surface area contributed by atoms with E-state index in [1.54, 1.807) is 4.90 Å². The molecular formula is C13H17Cl2N3O3. The van der Waals surface area contributed by atoms with Gasteiger partial charge >= 0.3 is 0 Å². The van der Waals surface area contributed by atoms with Gasteiger partial charge in [0.2, 0.25) is 0 Å². The van der Waals surface area contributed by atoms with E-state index in [0.29, 0.717) is 13.1 Å². The Labute approximate surface area is 134 Å². The van der Waals surface area contributed by atoms with Crippen LogP contribution in [0.5, 0.6) is 0 Å². The number of nitrogens with zero attached hydrogens (tertiary/aromatic N) is 2. The molecule has 0 radical (unpaired) electrons. The summed E-state index contributed by atoms with van der Waals surface area (Å²) < 4.78 is 0. The summed E-state index contributed by atoms with van der Waals surface area (Å²) in [5, 5.41) is 14.6. The lowest BCUT2D eigenvalue weighted by molar-refractivity contribution is -0.385. The van der Waals surface area contributed by atoms with Crippen molar-refractivity contribution in [2.75, 3.05) is 13.1 Å². The highest BCUT2D eigenvalue weighted by atomic mass is 35.5. The Hall–Kier alpha value is -1.37. The van der Waals surface area contributed by atoms with E-state index in [1.165, 1.54) is 18.2 Å². The molecule has 8 heteroatoms. The minimum absolute atomic E-state index is 0. The molecule has 2 rings (SSSR count). The van der Waals surface area contributed by atoms with Crippen LogP contribution in [0.15, 0.2) is 18.2 Å². The molecule has 0 spiro atoms. The fraction of sp³-hybridized carbons (Fsp3) is 0.462. The van der Waals surface area contributed by atoms with Gasteiger partial charge in [-0.1, -0.05) is 11.6 Å². The molecular weight excluding hydrogens is 317 g/mol. The van der Waals surface area contributed by atoms with Gasteiger partial charge in [0.05, 0.1) is 4.92 Å². The number of nitro benzene ring substituents is 1. The SMILES string of the molecule is CC1NCCN(C(=O)c2ccc(Cl)cc2[N+](=O)[O-])C1C.Cl. The van der Waals surface area contributed by atoms with E-state index in [9.17, 15) is 14.9 Å². The molecule has 1 amide bonds. The summed E-state index contributed by atoms with van der Waals surface area (Å²) in [4.78, 5) is 24.7. The van der Waals surface area contributed by atoms with Crippen LogP contribution in [-0.4, -0.2) is 40.9 Å². The van der Waals surface area contributed by atoms with Crippen molar-refractivity contribution in [2.24, 2.45) is 0 Å². The van der Waals surface area contributed by atoms with Crippen LogP contribution in [-0.2, 0) is 0 Å². The second-order valence-corrected chi connectivity index (χ2v) is 5.34. The number of amides is 1. The maximum Gasteiger partial charge on any atom is 0.283 e. The zero-order valence-corrected chi connectivity index (χ0v) is 13.3. The molecule has 1 fully saturated rings. The van der Waals surface area contributed by atoms with Crippen molar-refractivity contribution < 1.29 is 9.72 Å². The van der Waals surface area contributed by atoms with Crippen LogP contribution < -0.4 is 5.32 Å². The summed E-state index contributed by atoms with van der Waals surface area (Å²) in [7, 11) is 0. The third kappa shape index (κ3) is 3.64. The summed E-state index contributed by atoms with van der Waals surface area (Å²) >= 11 is 5.76. The number of piperazine rings is 1. The van der Waals surface area contributed by atoms with Crippen molar-refractivity contribution in [1.82, 2.24) is 10.2 Å². The number of nitro groups is 1. The van der Waals surface area contributed by atoms with Gasteiger partial charge in [-0.05, 0) is 26.0 Å². The Kier molecular flexibility index (Phi) is 5.95. The van der Waals surface area contributed by atoms with Crippen molar-refractivity contribution in [3.8, 4) is 0 Å². The van der Waals surface area contributed by atoms with Gasteiger partial charge in [0, 0.05) is 36.3 Å². The average molecular weight is 334 g/mol. The number of halogens is 2. The maximum atomic E-state index is 12.5. The molecule has 0 saturated carbocycles. The number of benzene rings is 1. The van der Waals surface area contributed by atoms with Gasteiger partial charge in [-0.15, -0.1) is 12.4 Å². The van der Waals surface area contributed by atoms with Gasteiger partial charge in [-0.3, -0.25) is 14.9 Å². The van der Waals surface area contributed by atoms with Gasteiger partial charge in [-0.2, -0.15) is 0 Å². The first kappa shape index (κ1) is 17.7. The van der Waals surface area contributed by atoms with Crippen LogP contribution in [0.4, 0.5) is 5.69 Å². The topological polar surface area (TPSA) is 75.5 Å². The van der Waals surface area contributed by atoms with Crippen LogP contribution >= 0.6 is 24.0 Å². The Morgan fingerprint density at radius 3 is 2.76 bits per heavy atom. The van der Waals surface area contributed by atoms with E-state index in [-0.39, 0.29) is 46.7 Å². The summed E-state index contributed by atoms with van der Waals surface area (Å²) in [5.74, 6) is -0.325. The highest BCUT2D eigenvalue weighted by Crippen LogP contribution is 2.25. The van der Waals surface area contributed by atoms with E-state index in [0.717, 1.165) is 0 Å². The van der Waals surface area contributed by atoms with Crippen LogP contribution in [0, 0.1) is 10.1 Å². The summed E-state index contributed by atoms with van der Waals surface area (Å²) in [6.07, 6.45) is 0. The number of rotatable bonds is 2. The molecule has 0 aromatic heterocycles. The van der Waals surface area contributed by atoms with Crippen LogP contribution in [0.1, 0.15) is 24.2 Å². The Morgan fingerprint density at radius 1 is 1.48 bits per heavy atom. The molecule has 1 saturated heterocycles. The molecule has 21 heavy (non-hydrogen) atoms. The highest BCUT2D eigenvalue weighted by molar-refractivity contribution is 6.31. The predicted octanol–water partition coefficient (Wildman–Crippen LogP) is 2.49. The van der Waals surface area contributed by atoms with Gasteiger partial charge < -0.3 is 10.2 Å². The molecule has 2 unspecified atom stereocenters. The van der Waals surface area contributed by atoms with Crippen LogP contribution in [0.2, 0.25) is 5.02 Å². The normalized spacial score (nSPS) is 21.6. The maximum absolute atomic E-state index is 12.5. The predicted molar refractivity (Wildman–Crippen MR) is 83.3 cm³/mol. The number of hydrogen-bond acceptors (Lipinski definition) is 4.